The summed E-state index contributed by atoms with van der Waals surface area (Å²) in [6, 6.07) is 1.24. The number of carbonyl (C=O) groups excluding carboxylic acids is 1. The van der Waals surface area contributed by atoms with Crippen molar-refractivity contribution in [1.29, 1.82) is 0 Å². The van der Waals surface area contributed by atoms with Crippen molar-refractivity contribution in [1.82, 2.24) is 20.2 Å². The van der Waals surface area contributed by atoms with Crippen LogP contribution in [0.5, 0.6) is 0 Å². The van der Waals surface area contributed by atoms with E-state index < -0.39 is 11.2 Å². The zero-order chi connectivity index (χ0) is 13.1. The summed E-state index contributed by atoms with van der Waals surface area (Å²) in [4.78, 5) is 40.6. The largest absolute Gasteiger partial charge is 0.333 e. The highest BCUT2D eigenvalue weighted by Crippen LogP contribution is 2.18. The number of amides is 1. The molecule has 7 nitrogen and oxygen atoms in total. The fraction of sp³-hybridized carbons (Fsp3) is 0.545. The molecule has 2 rings (SSSR count). The highest BCUT2D eigenvalue weighted by atomic mass is 16.2. The van der Waals surface area contributed by atoms with Crippen LogP contribution in [0.1, 0.15) is 23.3 Å². The van der Waals surface area contributed by atoms with Gasteiger partial charge in [-0.1, -0.05) is 0 Å². The van der Waals surface area contributed by atoms with Crippen molar-refractivity contribution in [3.8, 4) is 0 Å². The molecule has 1 atom stereocenters. The lowest BCUT2D eigenvalue weighted by Crippen LogP contribution is -2.42. The molecular weight excluding hydrogens is 236 g/mol. The molecule has 1 aliphatic heterocycles. The smallest absolute Gasteiger partial charge is 0.326 e. The molecule has 3 N–H and O–H groups in total. The summed E-state index contributed by atoms with van der Waals surface area (Å²) in [6.07, 6.45) is 1.87. The predicted molar refractivity (Wildman–Crippen MR) is 65.7 cm³/mol. The molecule has 98 valence electrons. The van der Waals surface area contributed by atoms with Crippen molar-refractivity contribution in [3.63, 3.8) is 0 Å². The van der Waals surface area contributed by atoms with Crippen LogP contribution in [0.3, 0.4) is 0 Å². The molecule has 0 aliphatic carbocycles. The number of nitrogens with one attached hydrogen (secondary N) is 3. The second kappa shape index (κ2) is 5.18. The standard InChI is InChI=1S/C11H16N4O3/c1-12-6-7-3-2-4-15(7)10(17)8-5-9(16)14-11(18)13-8/h5,7,12H,2-4,6H2,1H3,(H2,13,14,16,18). The number of likely N-dealkylation sites (tertiary alicyclic amines) is 1. The van der Waals surface area contributed by atoms with Crippen LogP contribution < -0.4 is 16.6 Å². The Balaban J connectivity index is 2.25. The quantitative estimate of drug-likeness (QED) is 0.635. The van der Waals surface area contributed by atoms with Crippen LogP contribution in [-0.2, 0) is 0 Å². The van der Waals surface area contributed by atoms with Crippen LogP contribution in [0.15, 0.2) is 15.7 Å². The van der Waals surface area contributed by atoms with Crippen LogP contribution in [0, 0.1) is 0 Å². The molecule has 18 heavy (non-hydrogen) atoms. The first-order valence-electron chi connectivity index (χ1n) is 5.91. The molecule has 0 bridgehead atoms. The minimum absolute atomic E-state index is 0.0479. The van der Waals surface area contributed by atoms with Crippen LogP contribution in [0.2, 0.25) is 0 Å². The summed E-state index contributed by atoms with van der Waals surface area (Å²) in [5.74, 6) is -0.295. The lowest BCUT2D eigenvalue weighted by Gasteiger charge is -2.24. The molecular formula is C11H16N4O3. The molecule has 2 heterocycles. The van der Waals surface area contributed by atoms with Gasteiger partial charge >= 0.3 is 5.69 Å². The monoisotopic (exact) mass is 252 g/mol. The van der Waals surface area contributed by atoms with Gasteiger partial charge in [-0.05, 0) is 19.9 Å². The van der Waals surface area contributed by atoms with E-state index in [1.807, 2.05) is 12.0 Å². The van der Waals surface area contributed by atoms with Crippen molar-refractivity contribution < 1.29 is 4.79 Å². The van der Waals surface area contributed by atoms with E-state index in [0.29, 0.717) is 13.1 Å². The van der Waals surface area contributed by atoms with E-state index in [0.717, 1.165) is 18.9 Å². The third-order valence-electron chi connectivity index (χ3n) is 3.07. The van der Waals surface area contributed by atoms with Crippen LogP contribution in [-0.4, -0.2) is 47.0 Å². The van der Waals surface area contributed by atoms with Gasteiger partial charge in [0.05, 0.1) is 0 Å². The molecule has 1 aromatic heterocycles. The number of aromatic nitrogens is 2. The molecule has 1 aromatic rings. The van der Waals surface area contributed by atoms with Gasteiger partial charge in [0, 0.05) is 25.2 Å². The topological polar surface area (TPSA) is 98.1 Å². The zero-order valence-corrected chi connectivity index (χ0v) is 10.2. The fourth-order valence-electron chi connectivity index (χ4n) is 2.29. The van der Waals surface area contributed by atoms with Crippen LogP contribution >= 0.6 is 0 Å². The Morgan fingerprint density at radius 1 is 1.50 bits per heavy atom. The maximum absolute atomic E-state index is 12.2. The van der Waals surface area contributed by atoms with Crippen molar-refractivity contribution in [2.75, 3.05) is 20.1 Å². The molecule has 1 amide bonds. The third kappa shape index (κ3) is 2.51. The van der Waals surface area contributed by atoms with E-state index >= 15 is 0 Å². The molecule has 0 aromatic carbocycles. The maximum atomic E-state index is 12.2. The van der Waals surface area contributed by atoms with E-state index in [9.17, 15) is 14.4 Å². The number of carbonyl (C=O) groups is 1. The predicted octanol–water partition coefficient (Wildman–Crippen LogP) is -1.11. The Morgan fingerprint density at radius 3 is 2.94 bits per heavy atom. The normalized spacial score (nSPS) is 19.2. The molecule has 1 saturated heterocycles. The van der Waals surface area contributed by atoms with Crippen molar-refractivity contribution in [2.45, 2.75) is 18.9 Å². The number of rotatable bonds is 3. The highest BCUT2D eigenvalue weighted by molar-refractivity contribution is 5.92. The van der Waals surface area contributed by atoms with E-state index in [4.69, 9.17) is 0 Å². The molecule has 0 radical (unpaired) electrons. The number of aromatic amines is 2. The van der Waals surface area contributed by atoms with Gasteiger partial charge in [0.15, 0.2) is 0 Å². The minimum Gasteiger partial charge on any atom is -0.333 e. The Kier molecular flexibility index (Phi) is 3.61. The Labute approximate surface area is 103 Å². The van der Waals surface area contributed by atoms with Gasteiger partial charge in [-0.15, -0.1) is 0 Å². The summed E-state index contributed by atoms with van der Waals surface area (Å²) in [6.45, 7) is 1.36. The SMILES string of the molecule is CNCC1CCCN1C(=O)c1cc(=O)[nH]c(=O)[nH]1. The highest BCUT2D eigenvalue weighted by Gasteiger charge is 2.29. The summed E-state index contributed by atoms with van der Waals surface area (Å²) in [5, 5.41) is 3.03. The van der Waals surface area contributed by atoms with Gasteiger partial charge in [0.2, 0.25) is 0 Å². The summed E-state index contributed by atoms with van der Waals surface area (Å²) < 4.78 is 0. The second-order valence-electron chi connectivity index (χ2n) is 4.35. The maximum Gasteiger partial charge on any atom is 0.326 e. The summed E-state index contributed by atoms with van der Waals surface area (Å²) in [7, 11) is 1.83. The van der Waals surface area contributed by atoms with E-state index in [1.54, 1.807) is 4.90 Å². The molecule has 1 aliphatic rings. The van der Waals surface area contributed by atoms with E-state index in [2.05, 4.69) is 10.3 Å². The Hall–Kier alpha value is -1.89. The lowest BCUT2D eigenvalue weighted by molar-refractivity contribution is 0.0730. The summed E-state index contributed by atoms with van der Waals surface area (Å²) >= 11 is 0. The Morgan fingerprint density at radius 2 is 2.28 bits per heavy atom. The molecule has 1 fully saturated rings. The summed E-state index contributed by atoms with van der Waals surface area (Å²) in [5.41, 5.74) is -1.17. The third-order valence-corrected chi connectivity index (χ3v) is 3.07. The minimum atomic E-state index is -0.657. The average molecular weight is 252 g/mol. The number of likely N-dealkylation sites (N-methyl/N-ethyl adjacent to an activating group) is 1. The van der Waals surface area contributed by atoms with Crippen molar-refractivity contribution >= 4 is 5.91 Å². The Bertz CT molecular complexity index is 519. The van der Waals surface area contributed by atoms with Crippen molar-refractivity contribution in [3.05, 3.63) is 32.6 Å². The van der Waals surface area contributed by atoms with Gasteiger partial charge in [-0.2, -0.15) is 0 Å². The van der Waals surface area contributed by atoms with Gasteiger partial charge < -0.3 is 15.2 Å². The van der Waals surface area contributed by atoms with Crippen LogP contribution in [0.4, 0.5) is 0 Å². The first-order chi connectivity index (χ1) is 8.61. The van der Waals surface area contributed by atoms with Crippen molar-refractivity contribution in [2.24, 2.45) is 0 Å². The number of hydrogen-bond donors (Lipinski definition) is 3. The average Bonchev–Trinajstić information content (AvgIpc) is 2.75. The van der Waals surface area contributed by atoms with Gasteiger partial charge in [0.25, 0.3) is 11.5 Å². The molecule has 0 saturated carbocycles. The molecule has 7 heteroatoms. The first-order valence-corrected chi connectivity index (χ1v) is 5.91. The number of hydrogen-bond acceptors (Lipinski definition) is 4. The molecule has 1 unspecified atom stereocenters. The second-order valence-corrected chi connectivity index (χ2v) is 4.35. The van der Waals surface area contributed by atoms with E-state index in [1.165, 1.54) is 0 Å². The van der Waals surface area contributed by atoms with Gasteiger partial charge in [-0.3, -0.25) is 14.6 Å². The zero-order valence-electron chi connectivity index (χ0n) is 10.2. The van der Waals surface area contributed by atoms with Crippen LogP contribution in [0.25, 0.3) is 0 Å². The van der Waals surface area contributed by atoms with Gasteiger partial charge in [0.1, 0.15) is 5.69 Å². The lowest BCUT2D eigenvalue weighted by atomic mass is 10.2. The number of nitrogens with zero attached hydrogens (tertiary/aromatic N) is 1. The number of H-pyrrole nitrogens is 2. The fourth-order valence-corrected chi connectivity index (χ4v) is 2.29. The first kappa shape index (κ1) is 12.6. The van der Waals surface area contributed by atoms with E-state index in [-0.39, 0.29) is 17.6 Å². The molecule has 0 spiro atoms. The van der Waals surface area contributed by atoms with Gasteiger partial charge in [-0.25, -0.2) is 4.79 Å².